The molecule has 112 valence electrons. The van der Waals surface area contributed by atoms with Crippen LogP contribution in [0.3, 0.4) is 0 Å². The van der Waals surface area contributed by atoms with Crippen LogP contribution in [0.2, 0.25) is 0 Å². The van der Waals surface area contributed by atoms with Crippen LogP contribution in [0, 0.1) is 11.3 Å². The second-order valence-corrected chi connectivity index (χ2v) is 6.70. The molecule has 1 aliphatic heterocycles. The van der Waals surface area contributed by atoms with E-state index in [2.05, 4.69) is 31.0 Å². The van der Waals surface area contributed by atoms with Crippen LogP contribution in [0.25, 0.3) is 0 Å². The third-order valence-electron chi connectivity index (χ3n) is 4.45. The van der Waals surface area contributed by atoms with Crippen LogP contribution in [-0.4, -0.2) is 43.0 Å². The van der Waals surface area contributed by atoms with E-state index >= 15 is 0 Å². The minimum Gasteiger partial charge on any atom is -0.355 e. The van der Waals surface area contributed by atoms with E-state index in [1.54, 1.807) is 0 Å². The van der Waals surface area contributed by atoms with Gasteiger partial charge in [-0.05, 0) is 57.2 Å². The van der Waals surface area contributed by atoms with E-state index < -0.39 is 0 Å². The molecule has 19 heavy (non-hydrogen) atoms. The molecule has 1 heterocycles. The van der Waals surface area contributed by atoms with Gasteiger partial charge in [-0.1, -0.05) is 20.8 Å². The zero-order chi connectivity index (χ0) is 14.5. The average Bonchev–Trinajstić information content (AvgIpc) is 2.38. The molecule has 4 heteroatoms. The number of hydrogen-bond donors (Lipinski definition) is 2. The van der Waals surface area contributed by atoms with Crippen molar-refractivity contribution in [3.05, 3.63) is 0 Å². The molecule has 3 N–H and O–H groups in total. The molecule has 1 amide bonds. The molecule has 0 aromatic rings. The molecular weight excluding hydrogens is 238 g/mol. The number of likely N-dealkylation sites (tertiary alicyclic amines) is 1. The van der Waals surface area contributed by atoms with Crippen LogP contribution in [-0.2, 0) is 4.79 Å². The Morgan fingerprint density at radius 3 is 2.37 bits per heavy atom. The maximum absolute atomic E-state index is 12.1. The zero-order valence-corrected chi connectivity index (χ0v) is 13.0. The Labute approximate surface area is 118 Å². The van der Waals surface area contributed by atoms with Gasteiger partial charge < -0.3 is 11.1 Å². The van der Waals surface area contributed by atoms with E-state index in [0.29, 0.717) is 5.92 Å². The molecule has 0 spiro atoms. The summed E-state index contributed by atoms with van der Waals surface area (Å²) in [6, 6.07) is -0.0190. The number of amides is 1. The van der Waals surface area contributed by atoms with Crippen LogP contribution in [0.4, 0.5) is 0 Å². The summed E-state index contributed by atoms with van der Waals surface area (Å²) in [6.07, 6.45) is 3.23. The minimum atomic E-state index is -0.0190. The number of hydrogen-bond acceptors (Lipinski definition) is 3. The molecule has 0 aromatic heterocycles. The Morgan fingerprint density at radius 1 is 1.32 bits per heavy atom. The summed E-state index contributed by atoms with van der Waals surface area (Å²) < 4.78 is 0. The summed E-state index contributed by atoms with van der Waals surface area (Å²) in [5.41, 5.74) is 6.08. The molecule has 1 aliphatic rings. The molecule has 1 unspecified atom stereocenters. The smallest absolute Gasteiger partial charge is 0.237 e. The largest absolute Gasteiger partial charge is 0.355 e. The van der Waals surface area contributed by atoms with Crippen molar-refractivity contribution < 1.29 is 4.79 Å². The normalized spacial score (nSPS) is 21.4. The maximum Gasteiger partial charge on any atom is 0.237 e. The molecule has 1 fully saturated rings. The van der Waals surface area contributed by atoms with E-state index in [1.165, 1.54) is 0 Å². The summed E-state index contributed by atoms with van der Waals surface area (Å²) in [5.74, 6) is 0.799. The lowest BCUT2D eigenvalue weighted by molar-refractivity contribution is -0.126. The highest BCUT2D eigenvalue weighted by atomic mass is 16.2. The summed E-state index contributed by atoms with van der Waals surface area (Å²) in [4.78, 5) is 14.4. The molecule has 0 saturated carbocycles. The van der Waals surface area contributed by atoms with Crippen LogP contribution < -0.4 is 11.1 Å². The van der Waals surface area contributed by atoms with Crippen molar-refractivity contribution in [2.75, 3.05) is 26.2 Å². The fourth-order valence-electron chi connectivity index (χ4n) is 2.45. The monoisotopic (exact) mass is 269 g/mol. The third-order valence-corrected chi connectivity index (χ3v) is 4.45. The van der Waals surface area contributed by atoms with Gasteiger partial charge in [0.25, 0.3) is 0 Å². The van der Waals surface area contributed by atoms with Crippen molar-refractivity contribution in [1.82, 2.24) is 10.2 Å². The maximum atomic E-state index is 12.1. The van der Waals surface area contributed by atoms with Gasteiger partial charge in [0.1, 0.15) is 0 Å². The number of carbonyl (C=O) groups is 1. The Morgan fingerprint density at radius 2 is 1.89 bits per heavy atom. The van der Waals surface area contributed by atoms with Gasteiger partial charge >= 0.3 is 0 Å². The Kier molecular flexibility index (Phi) is 6.27. The van der Waals surface area contributed by atoms with Crippen LogP contribution in [0.15, 0.2) is 0 Å². The van der Waals surface area contributed by atoms with Crippen LogP contribution in [0.5, 0.6) is 0 Å². The van der Waals surface area contributed by atoms with Crippen molar-refractivity contribution in [3.8, 4) is 0 Å². The van der Waals surface area contributed by atoms with Crippen LogP contribution in [0.1, 0.15) is 47.0 Å². The standard InChI is InChI=1S/C15H31N3O/c1-12(2)5-8-17-14(19)13(3)18-9-6-15(4,11-16)7-10-18/h12-13H,5-11,16H2,1-4H3,(H,17,19). The first-order valence-electron chi connectivity index (χ1n) is 7.60. The highest BCUT2D eigenvalue weighted by molar-refractivity contribution is 5.81. The second-order valence-electron chi connectivity index (χ2n) is 6.70. The van der Waals surface area contributed by atoms with Gasteiger partial charge in [-0.15, -0.1) is 0 Å². The number of nitrogens with one attached hydrogen (secondary N) is 1. The lowest BCUT2D eigenvalue weighted by Gasteiger charge is -2.40. The van der Waals surface area contributed by atoms with Gasteiger partial charge in [0.15, 0.2) is 0 Å². The Bertz CT molecular complexity index is 283. The van der Waals surface area contributed by atoms with Crippen molar-refractivity contribution >= 4 is 5.91 Å². The first kappa shape index (κ1) is 16.4. The predicted octanol–water partition coefficient (Wildman–Crippen LogP) is 1.60. The predicted molar refractivity (Wildman–Crippen MR) is 79.9 cm³/mol. The van der Waals surface area contributed by atoms with Gasteiger partial charge in [0, 0.05) is 6.54 Å². The lowest BCUT2D eigenvalue weighted by Crippen LogP contribution is -2.51. The summed E-state index contributed by atoms with van der Waals surface area (Å²) >= 11 is 0. The van der Waals surface area contributed by atoms with Gasteiger partial charge in [-0.25, -0.2) is 0 Å². The van der Waals surface area contributed by atoms with Gasteiger partial charge in [-0.2, -0.15) is 0 Å². The van der Waals surface area contributed by atoms with E-state index in [0.717, 1.165) is 45.4 Å². The summed E-state index contributed by atoms with van der Waals surface area (Å²) in [5, 5.41) is 3.04. The highest BCUT2D eigenvalue weighted by Crippen LogP contribution is 2.30. The number of piperidine rings is 1. The van der Waals surface area contributed by atoms with Crippen molar-refractivity contribution in [2.24, 2.45) is 17.1 Å². The molecule has 4 nitrogen and oxygen atoms in total. The molecule has 1 atom stereocenters. The second kappa shape index (κ2) is 7.25. The first-order valence-corrected chi connectivity index (χ1v) is 7.60. The molecule has 1 rings (SSSR count). The zero-order valence-electron chi connectivity index (χ0n) is 13.0. The van der Waals surface area contributed by atoms with Gasteiger partial charge in [-0.3, -0.25) is 9.69 Å². The topological polar surface area (TPSA) is 58.4 Å². The molecule has 0 radical (unpaired) electrons. The number of rotatable bonds is 6. The van der Waals surface area contributed by atoms with Gasteiger partial charge in [0.05, 0.1) is 6.04 Å². The molecule has 1 saturated heterocycles. The highest BCUT2D eigenvalue weighted by Gasteiger charge is 2.32. The first-order chi connectivity index (χ1) is 8.88. The Balaban J connectivity index is 2.34. The number of nitrogens with zero attached hydrogens (tertiary/aromatic N) is 1. The minimum absolute atomic E-state index is 0.0190. The van der Waals surface area contributed by atoms with E-state index in [9.17, 15) is 4.79 Å². The van der Waals surface area contributed by atoms with Crippen LogP contribution >= 0.6 is 0 Å². The molecule has 0 bridgehead atoms. The fraction of sp³-hybridized carbons (Fsp3) is 0.933. The van der Waals surface area contributed by atoms with Crippen molar-refractivity contribution in [3.63, 3.8) is 0 Å². The quantitative estimate of drug-likeness (QED) is 0.770. The lowest BCUT2D eigenvalue weighted by atomic mass is 9.80. The SMILES string of the molecule is CC(C)CCNC(=O)C(C)N1CCC(C)(CN)CC1. The van der Waals surface area contributed by atoms with E-state index in [1.807, 2.05) is 6.92 Å². The fourth-order valence-corrected chi connectivity index (χ4v) is 2.45. The molecule has 0 aliphatic carbocycles. The average molecular weight is 269 g/mol. The number of nitrogens with two attached hydrogens (primary N) is 1. The van der Waals surface area contributed by atoms with Crippen molar-refractivity contribution in [2.45, 2.75) is 53.0 Å². The molecule has 0 aromatic carbocycles. The summed E-state index contributed by atoms with van der Waals surface area (Å²) in [7, 11) is 0. The van der Waals surface area contributed by atoms with Gasteiger partial charge in [0.2, 0.25) is 5.91 Å². The molecular formula is C15H31N3O. The number of carbonyl (C=O) groups excluding carboxylic acids is 1. The van der Waals surface area contributed by atoms with E-state index in [4.69, 9.17) is 5.73 Å². The summed E-state index contributed by atoms with van der Waals surface area (Å²) in [6.45, 7) is 12.1. The van der Waals surface area contributed by atoms with E-state index in [-0.39, 0.29) is 17.4 Å². The Hall–Kier alpha value is -0.610. The third kappa shape index (κ3) is 5.11. The van der Waals surface area contributed by atoms with Crippen molar-refractivity contribution in [1.29, 1.82) is 0 Å².